The van der Waals surface area contributed by atoms with Crippen molar-refractivity contribution in [1.82, 2.24) is 24.8 Å². The van der Waals surface area contributed by atoms with Crippen LogP contribution in [0.15, 0.2) is 35.1 Å². The molecule has 0 unspecified atom stereocenters. The van der Waals surface area contributed by atoms with Crippen molar-refractivity contribution in [2.24, 2.45) is 5.92 Å². The van der Waals surface area contributed by atoms with E-state index in [2.05, 4.69) is 61.4 Å². The molecule has 0 saturated carbocycles. The first-order valence-electron chi connectivity index (χ1n) is 16.4. The quantitative estimate of drug-likeness (QED) is 0.145. The van der Waals surface area contributed by atoms with Crippen molar-refractivity contribution in [3.05, 3.63) is 56.2 Å². The third-order valence-corrected chi connectivity index (χ3v) is 10.4. The molecule has 2 saturated heterocycles. The zero-order valence-corrected chi connectivity index (χ0v) is 30.1. The zero-order valence-electron chi connectivity index (χ0n) is 27.7. The molecular formula is C34H42BrF3N6O3S. The smallest absolute Gasteiger partial charge is 0.416 e. The summed E-state index contributed by atoms with van der Waals surface area (Å²) in [7, 11) is 0. The molecule has 5 rings (SSSR count). The number of carbonyl (C=O) groups excluding carboxylic acids is 2. The van der Waals surface area contributed by atoms with Crippen LogP contribution < -0.4 is 4.90 Å². The molecule has 9 nitrogen and oxygen atoms in total. The maximum Gasteiger partial charge on any atom is 0.416 e. The average Bonchev–Trinajstić information content (AvgIpc) is 3.67. The number of thiazole rings is 1. The van der Waals surface area contributed by atoms with Gasteiger partial charge in [-0.2, -0.15) is 13.2 Å². The van der Waals surface area contributed by atoms with Crippen LogP contribution in [0, 0.1) is 5.92 Å². The fourth-order valence-corrected chi connectivity index (χ4v) is 8.20. The number of halogens is 4. The normalized spacial score (nSPS) is 19.3. The predicted molar refractivity (Wildman–Crippen MR) is 183 cm³/mol. The van der Waals surface area contributed by atoms with Crippen molar-refractivity contribution >= 4 is 44.8 Å². The third-order valence-electron chi connectivity index (χ3n) is 8.95. The highest BCUT2D eigenvalue weighted by atomic mass is 79.9. The van der Waals surface area contributed by atoms with Gasteiger partial charge in [-0.15, -0.1) is 11.3 Å². The summed E-state index contributed by atoms with van der Waals surface area (Å²) in [4.78, 5) is 46.5. The van der Waals surface area contributed by atoms with Crippen LogP contribution in [0.2, 0.25) is 0 Å². The summed E-state index contributed by atoms with van der Waals surface area (Å²) in [6.07, 6.45) is 1.04. The van der Waals surface area contributed by atoms with E-state index in [1.807, 2.05) is 0 Å². The van der Waals surface area contributed by atoms with E-state index in [4.69, 9.17) is 9.72 Å². The second kappa shape index (κ2) is 15.7. The second-order valence-corrected chi connectivity index (χ2v) is 14.9. The molecule has 4 heterocycles. The van der Waals surface area contributed by atoms with Gasteiger partial charge in [0.15, 0.2) is 5.78 Å². The van der Waals surface area contributed by atoms with Crippen molar-refractivity contribution in [3.8, 4) is 11.3 Å². The Labute approximate surface area is 292 Å². The summed E-state index contributed by atoms with van der Waals surface area (Å²) >= 11 is 4.62. The molecule has 2 fully saturated rings. The highest BCUT2D eigenvalue weighted by molar-refractivity contribution is 9.10. The Balaban J connectivity index is 1.31. The summed E-state index contributed by atoms with van der Waals surface area (Å²) in [5, 5.41) is 0.525. The molecule has 0 radical (unpaired) electrons. The Morgan fingerprint density at radius 3 is 2.58 bits per heavy atom. The Kier molecular flexibility index (Phi) is 11.9. The second-order valence-electron chi connectivity index (χ2n) is 12.8. The van der Waals surface area contributed by atoms with E-state index in [9.17, 15) is 22.8 Å². The van der Waals surface area contributed by atoms with Gasteiger partial charge in [-0.3, -0.25) is 19.4 Å². The van der Waals surface area contributed by atoms with Gasteiger partial charge < -0.3 is 9.64 Å². The molecule has 0 N–H and O–H groups in total. The lowest BCUT2D eigenvalue weighted by Crippen LogP contribution is -2.52. The van der Waals surface area contributed by atoms with Gasteiger partial charge in [0.1, 0.15) is 16.5 Å². The number of benzene rings is 1. The van der Waals surface area contributed by atoms with Gasteiger partial charge in [0.2, 0.25) is 0 Å². The van der Waals surface area contributed by atoms with E-state index < -0.39 is 11.7 Å². The number of hydrogen-bond donors (Lipinski definition) is 0. The molecule has 1 aromatic carbocycles. The number of esters is 1. The van der Waals surface area contributed by atoms with Crippen LogP contribution in [0.25, 0.3) is 11.3 Å². The van der Waals surface area contributed by atoms with Crippen molar-refractivity contribution in [2.45, 2.75) is 78.2 Å². The monoisotopic (exact) mass is 750 g/mol. The lowest BCUT2D eigenvalue weighted by Gasteiger charge is -2.40. The molecule has 2 aliphatic heterocycles. The molecule has 0 aliphatic carbocycles. The molecule has 14 heteroatoms. The Hall–Kier alpha value is -2.94. The van der Waals surface area contributed by atoms with Crippen LogP contribution in [0.4, 0.5) is 19.0 Å². The average molecular weight is 752 g/mol. The van der Waals surface area contributed by atoms with Gasteiger partial charge in [-0.05, 0) is 57.4 Å². The summed E-state index contributed by atoms with van der Waals surface area (Å²) in [5.41, 5.74) is 0.286. The minimum absolute atomic E-state index is 0.0328. The molecule has 0 spiro atoms. The molecule has 2 aromatic heterocycles. The van der Waals surface area contributed by atoms with Gasteiger partial charge in [0, 0.05) is 59.7 Å². The molecule has 48 heavy (non-hydrogen) atoms. The van der Waals surface area contributed by atoms with E-state index in [1.54, 1.807) is 19.2 Å². The van der Waals surface area contributed by atoms with E-state index >= 15 is 0 Å². The third kappa shape index (κ3) is 8.99. The topological polar surface area (TPSA) is 91.8 Å². The van der Waals surface area contributed by atoms with Crippen LogP contribution in [0.1, 0.15) is 72.9 Å². The fraction of sp³-hybridized carbons (Fsp3) is 0.559. The highest BCUT2D eigenvalue weighted by Crippen LogP contribution is 2.38. The first-order valence-corrected chi connectivity index (χ1v) is 18.0. The number of carbonyl (C=O) groups is 2. The van der Waals surface area contributed by atoms with Gasteiger partial charge in [-0.1, -0.05) is 29.8 Å². The SMILES string of the molecule is CCOC(=O)CCN1CCN(c2cnc(C(=O)Cc3nc(-c4cc(Br)cc(C(F)(F)F)c4)c(CN4CCC[C@H]4C(C)C)s3)cn2)[C@H](C)C1. The number of likely N-dealkylation sites (tertiary alicyclic amines) is 1. The number of hydrogen-bond acceptors (Lipinski definition) is 10. The number of ether oxygens (including phenoxy) is 1. The van der Waals surface area contributed by atoms with Crippen molar-refractivity contribution in [1.29, 1.82) is 0 Å². The van der Waals surface area contributed by atoms with Crippen LogP contribution in [-0.2, 0) is 28.7 Å². The van der Waals surface area contributed by atoms with Gasteiger partial charge in [0.25, 0.3) is 0 Å². The number of anilines is 1. The van der Waals surface area contributed by atoms with Gasteiger partial charge in [-0.25, -0.2) is 15.0 Å². The van der Waals surface area contributed by atoms with Crippen LogP contribution in [-0.4, -0.2) is 87.9 Å². The summed E-state index contributed by atoms with van der Waals surface area (Å²) < 4.78 is 46.6. The zero-order chi connectivity index (χ0) is 34.6. The predicted octanol–water partition coefficient (Wildman–Crippen LogP) is 6.89. The minimum Gasteiger partial charge on any atom is -0.466 e. The summed E-state index contributed by atoms with van der Waals surface area (Å²) in [6, 6.07) is 4.34. The van der Waals surface area contributed by atoms with Crippen molar-refractivity contribution in [3.63, 3.8) is 0 Å². The maximum atomic E-state index is 13.7. The summed E-state index contributed by atoms with van der Waals surface area (Å²) in [5.74, 6) is 0.656. The number of Topliss-reactive ketones (excluding diaryl/α,β-unsaturated/α-hetero) is 1. The van der Waals surface area contributed by atoms with E-state index in [-0.39, 0.29) is 29.9 Å². The Bertz CT molecular complexity index is 1580. The maximum absolute atomic E-state index is 13.7. The molecule has 2 atom stereocenters. The van der Waals surface area contributed by atoms with Crippen molar-refractivity contribution < 1.29 is 27.5 Å². The first-order chi connectivity index (χ1) is 22.8. The number of nitrogens with zero attached hydrogens (tertiary/aromatic N) is 6. The largest absolute Gasteiger partial charge is 0.466 e. The van der Waals surface area contributed by atoms with Gasteiger partial charge >= 0.3 is 12.1 Å². The molecule has 260 valence electrons. The molecule has 0 bridgehead atoms. The van der Waals surface area contributed by atoms with Gasteiger partial charge in [0.05, 0.1) is 43.1 Å². The van der Waals surface area contributed by atoms with Crippen LogP contribution in [0.3, 0.4) is 0 Å². The number of piperazine rings is 1. The highest BCUT2D eigenvalue weighted by Gasteiger charge is 2.33. The standard InChI is InChI=1S/C34H42BrF3N6O3S/c1-5-47-32(46)8-10-42-11-12-44(22(4)19-42)30-18-39-26(17-40-30)28(45)16-31-41-33(23-13-24(34(36,37)38)15-25(35)14-23)29(48-31)20-43-9-6-7-27(43)21(2)3/h13-15,17-18,21-22,27H,5-12,16,19-20H2,1-4H3/t22-,27+/m1/s1. The molecule has 2 aliphatic rings. The Morgan fingerprint density at radius 2 is 1.92 bits per heavy atom. The van der Waals surface area contributed by atoms with E-state index in [0.717, 1.165) is 49.5 Å². The number of alkyl halides is 3. The molecule has 0 amide bonds. The fourth-order valence-electron chi connectivity index (χ4n) is 6.59. The lowest BCUT2D eigenvalue weighted by molar-refractivity contribution is -0.143. The first kappa shape index (κ1) is 36.3. The molecular weight excluding hydrogens is 709 g/mol. The number of rotatable bonds is 12. The number of aromatic nitrogens is 3. The number of ketones is 1. The van der Waals surface area contributed by atoms with E-state index in [0.29, 0.717) is 71.2 Å². The van der Waals surface area contributed by atoms with Crippen LogP contribution in [0.5, 0.6) is 0 Å². The van der Waals surface area contributed by atoms with Crippen LogP contribution >= 0.6 is 27.3 Å². The summed E-state index contributed by atoms with van der Waals surface area (Å²) in [6.45, 7) is 13.0. The lowest BCUT2D eigenvalue weighted by atomic mass is 10.0. The van der Waals surface area contributed by atoms with Crippen molar-refractivity contribution in [2.75, 3.05) is 44.2 Å². The Morgan fingerprint density at radius 1 is 1.12 bits per heavy atom. The van der Waals surface area contributed by atoms with E-state index in [1.165, 1.54) is 17.5 Å². The minimum atomic E-state index is -4.51. The molecule has 3 aromatic rings.